The molecule has 34 heavy (non-hydrogen) atoms. The number of nitrogens with zero attached hydrogens (tertiary/aromatic N) is 1. The predicted octanol–water partition coefficient (Wildman–Crippen LogP) is 5.02. The summed E-state index contributed by atoms with van der Waals surface area (Å²) in [6.07, 6.45) is 0. The molecule has 1 aliphatic rings. The zero-order valence-corrected chi connectivity index (χ0v) is 19.3. The van der Waals surface area contributed by atoms with Gasteiger partial charge in [0.1, 0.15) is 16.8 Å². The topological polar surface area (TPSA) is 83.9 Å². The van der Waals surface area contributed by atoms with Crippen molar-refractivity contribution in [2.75, 3.05) is 17.3 Å². The first-order chi connectivity index (χ1) is 16.3. The molecule has 4 rings (SSSR count). The van der Waals surface area contributed by atoms with E-state index in [1.165, 1.54) is 36.0 Å². The molecule has 6 nitrogen and oxygen atoms in total. The lowest BCUT2D eigenvalue weighted by Crippen LogP contribution is -2.57. The van der Waals surface area contributed by atoms with Gasteiger partial charge >= 0.3 is 5.97 Å². The zero-order chi connectivity index (χ0) is 24.2. The van der Waals surface area contributed by atoms with Gasteiger partial charge in [0.05, 0.1) is 11.8 Å². The first kappa shape index (κ1) is 23.8. The number of benzene rings is 3. The van der Waals surface area contributed by atoms with Crippen molar-refractivity contribution in [2.45, 2.75) is 11.3 Å². The van der Waals surface area contributed by atoms with Gasteiger partial charge in [-0.1, -0.05) is 23.7 Å². The Labute approximate surface area is 204 Å². The molecule has 3 aromatic carbocycles. The lowest BCUT2D eigenvalue weighted by molar-refractivity contribution is -0.139. The van der Waals surface area contributed by atoms with Crippen molar-refractivity contribution in [3.8, 4) is 5.75 Å². The van der Waals surface area contributed by atoms with E-state index in [4.69, 9.17) is 21.4 Å². The highest BCUT2D eigenvalue weighted by atomic mass is 35.5. The van der Waals surface area contributed by atoms with Crippen LogP contribution in [0.25, 0.3) is 0 Å². The van der Waals surface area contributed by atoms with Crippen molar-refractivity contribution < 1.29 is 28.6 Å². The van der Waals surface area contributed by atoms with Gasteiger partial charge < -0.3 is 14.7 Å². The van der Waals surface area contributed by atoms with E-state index in [9.17, 15) is 18.8 Å². The third-order valence-corrected chi connectivity index (χ3v) is 6.79. The predicted molar refractivity (Wildman–Crippen MR) is 128 cm³/mol. The Hall–Kier alpha value is -3.36. The molecule has 0 radical (unpaired) electrons. The van der Waals surface area contributed by atoms with Gasteiger partial charge in [-0.25, -0.2) is 9.18 Å². The number of aliphatic carboxylic acids is 1. The van der Waals surface area contributed by atoms with Crippen molar-refractivity contribution in [3.05, 3.63) is 94.8 Å². The second kappa shape index (κ2) is 10.3. The van der Waals surface area contributed by atoms with E-state index in [0.29, 0.717) is 22.0 Å². The van der Waals surface area contributed by atoms with E-state index in [0.717, 1.165) is 5.56 Å². The number of carboxylic acid groups (broad SMARTS) is 1. The normalized spacial score (nSPS) is 17.2. The minimum absolute atomic E-state index is 0.103. The summed E-state index contributed by atoms with van der Waals surface area (Å²) in [4.78, 5) is 38.0. The maximum atomic E-state index is 13.4. The molecule has 1 aliphatic heterocycles. The van der Waals surface area contributed by atoms with Gasteiger partial charge in [-0.05, 0) is 66.2 Å². The molecule has 1 heterocycles. The minimum Gasteiger partial charge on any atom is -0.482 e. The Morgan fingerprint density at radius 1 is 1.00 bits per heavy atom. The van der Waals surface area contributed by atoms with Crippen molar-refractivity contribution in [1.29, 1.82) is 0 Å². The largest absolute Gasteiger partial charge is 0.482 e. The van der Waals surface area contributed by atoms with Crippen LogP contribution >= 0.6 is 23.4 Å². The number of halogens is 2. The van der Waals surface area contributed by atoms with Gasteiger partial charge in [-0.15, -0.1) is 11.8 Å². The first-order valence-electron chi connectivity index (χ1n) is 10.3. The fourth-order valence-electron chi connectivity index (χ4n) is 3.63. The molecule has 0 spiro atoms. The molecule has 3 aromatic rings. The highest BCUT2D eigenvalue weighted by Crippen LogP contribution is 2.45. The van der Waals surface area contributed by atoms with Crippen LogP contribution in [0, 0.1) is 5.82 Å². The van der Waals surface area contributed by atoms with Gasteiger partial charge in [0.15, 0.2) is 12.4 Å². The molecule has 1 fully saturated rings. The fraction of sp³-hybridized carbons (Fsp3) is 0.160. The summed E-state index contributed by atoms with van der Waals surface area (Å²) >= 11 is 7.13. The van der Waals surface area contributed by atoms with Crippen LogP contribution in [-0.2, 0) is 9.59 Å². The molecule has 0 aromatic heterocycles. The van der Waals surface area contributed by atoms with Gasteiger partial charge in [-0.3, -0.25) is 9.59 Å². The molecular formula is C25H19ClFNO5S. The molecule has 0 aliphatic carbocycles. The molecule has 1 amide bonds. The monoisotopic (exact) mass is 499 g/mol. The van der Waals surface area contributed by atoms with Crippen LogP contribution in [0.1, 0.15) is 22.0 Å². The van der Waals surface area contributed by atoms with Crippen LogP contribution in [0.4, 0.5) is 10.1 Å². The molecule has 9 heteroatoms. The third kappa shape index (κ3) is 5.24. The molecule has 2 atom stereocenters. The number of ketones is 1. The standard InChI is InChI=1S/C25H19ClFNO5S/c26-17-5-1-15(2-6-17)21(29)14-34-24-23(16-3-11-20(12-4-16)33-13-22(30)31)28(25(24)32)19-9-7-18(27)8-10-19/h1-12,23-24H,13-14H2,(H,30,31). The summed E-state index contributed by atoms with van der Waals surface area (Å²) in [6, 6.07) is 18.6. The molecule has 1 saturated heterocycles. The Balaban J connectivity index is 1.54. The summed E-state index contributed by atoms with van der Waals surface area (Å²) in [7, 11) is 0. The van der Waals surface area contributed by atoms with Crippen LogP contribution in [-0.4, -0.2) is 40.4 Å². The SMILES string of the molecule is O=C(O)COc1ccc(C2C(SCC(=O)c3ccc(Cl)cc3)C(=O)N2c2ccc(F)cc2)cc1. The van der Waals surface area contributed by atoms with Crippen molar-refractivity contribution >= 4 is 46.7 Å². The summed E-state index contributed by atoms with van der Waals surface area (Å²) in [6.45, 7) is -0.464. The van der Waals surface area contributed by atoms with Gasteiger partial charge in [0.2, 0.25) is 5.91 Å². The molecule has 1 N–H and O–H groups in total. The Morgan fingerprint density at radius 2 is 1.65 bits per heavy atom. The Morgan fingerprint density at radius 3 is 2.26 bits per heavy atom. The van der Waals surface area contributed by atoms with Crippen LogP contribution in [0.15, 0.2) is 72.8 Å². The Kier molecular flexibility index (Phi) is 7.19. The fourth-order valence-corrected chi connectivity index (χ4v) is 4.97. The maximum absolute atomic E-state index is 13.4. The average Bonchev–Trinajstić information content (AvgIpc) is 2.83. The number of hydrogen-bond acceptors (Lipinski definition) is 5. The third-order valence-electron chi connectivity index (χ3n) is 5.29. The van der Waals surface area contributed by atoms with Crippen LogP contribution in [0.5, 0.6) is 5.75 Å². The van der Waals surface area contributed by atoms with Crippen LogP contribution in [0.3, 0.4) is 0 Å². The van der Waals surface area contributed by atoms with Crippen LogP contribution < -0.4 is 9.64 Å². The van der Waals surface area contributed by atoms with Gasteiger partial charge in [-0.2, -0.15) is 0 Å². The summed E-state index contributed by atoms with van der Waals surface area (Å²) in [5, 5.41) is 8.79. The molecular weight excluding hydrogens is 481 g/mol. The number of carbonyl (C=O) groups is 3. The highest BCUT2D eigenvalue weighted by molar-refractivity contribution is 8.01. The number of thioether (sulfide) groups is 1. The zero-order valence-electron chi connectivity index (χ0n) is 17.7. The summed E-state index contributed by atoms with van der Waals surface area (Å²) in [5.74, 6) is -1.31. The lowest BCUT2D eigenvalue weighted by Gasteiger charge is -2.47. The number of carboxylic acids is 1. The Bertz CT molecular complexity index is 1200. The second-order valence-corrected chi connectivity index (χ2v) is 9.11. The number of ether oxygens (including phenoxy) is 1. The second-order valence-electron chi connectivity index (χ2n) is 7.54. The first-order valence-corrected chi connectivity index (χ1v) is 11.7. The van der Waals surface area contributed by atoms with Crippen LogP contribution in [0.2, 0.25) is 5.02 Å². The van der Waals surface area contributed by atoms with Crippen molar-refractivity contribution in [2.24, 2.45) is 0 Å². The van der Waals surface area contributed by atoms with Gasteiger partial charge in [0.25, 0.3) is 0 Å². The number of anilines is 1. The number of amides is 1. The van der Waals surface area contributed by atoms with E-state index >= 15 is 0 Å². The minimum atomic E-state index is -1.09. The van der Waals surface area contributed by atoms with Crippen molar-refractivity contribution in [1.82, 2.24) is 0 Å². The lowest BCUT2D eigenvalue weighted by atomic mass is 9.92. The quantitative estimate of drug-likeness (QED) is 0.329. The van der Waals surface area contributed by atoms with Crippen molar-refractivity contribution in [3.63, 3.8) is 0 Å². The van der Waals surface area contributed by atoms with E-state index in [1.54, 1.807) is 53.4 Å². The van der Waals surface area contributed by atoms with E-state index < -0.39 is 29.7 Å². The molecule has 174 valence electrons. The molecule has 0 bridgehead atoms. The molecule has 0 saturated carbocycles. The molecule has 2 unspecified atom stereocenters. The van der Waals surface area contributed by atoms with E-state index in [2.05, 4.69) is 0 Å². The average molecular weight is 500 g/mol. The number of hydrogen-bond donors (Lipinski definition) is 1. The number of Topliss-reactive ketones (excluding diaryl/α,β-unsaturated/α-hetero) is 1. The smallest absolute Gasteiger partial charge is 0.341 e. The summed E-state index contributed by atoms with van der Waals surface area (Å²) < 4.78 is 18.6. The highest BCUT2D eigenvalue weighted by Gasteiger charge is 2.49. The number of rotatable bonds is 9. The maximum Gasteiger partial charge on any atom is 0.341 e. The van der Waals surface area contributed by atoms with Gasteiger partial charge in [0, 0.05) is 16.3 Å². The van der Waals surface area contributed by atoms with E-state index in [-0.39, 0.29) is 17.4 Å². The number of β-lactam (4-membered cyclic amide) rings is 1. The number of carbonyl (C=O) groups excluding carboxylic acids is 2. The summed E-state index contributed by atoms with van der Waals surface area (Å²) in [5.41, 5.74) is 1.84. The van der Waals surface area contributed by atoms with E-state index in [1.807, 2.05) is 0 Å².